The van der Waals surface area contributed by atoms with Gasteiger partial charge in [0.05, 0.1) is 5.75 Å². The van der Waals surface area contributed by atoms with E-state index in [0.29, 0.717) is 17.1 Å². The van der Waals surface area contributed by atoms with Gasteiger partial charge in [-0.3, -0.25) is 19.3 Å². The zero-order valence-corrected chi connectivity index (χ0v) is 23.1. The number of carboxylic acid groups (broad SMARTS) is 1. The highest BCUT2D eigenvalue weighted by Crippen LogP contribution is 2.41. The third kappa shape index (κ3) is 5.92. The Hall–Kier alpha value is -3.48. The molecule has 0 bridgehead atoms. The highest BCUT2D eigenvalue weighted by molar-refractivity contribution is 8.01. The van der Waals surface area contributed by atoms with E-state index in [-0.39, 0.29) is 23.9 Å². The van der Waals surface area contributed by atoms with E-state index in [1.807, 2.05) is 54.6 Å². The molecular weight excluding hydrogens is 557 g/mol. The van der Waals surface area contributed by atoms with Gasteiger partial charge in [0.2, 0.25) is 12.5 Å². The fraction of sp³-hybridized carbons (Fsp3) is 0.222. The second kappa shape index (κ2) is 11.7. The number of nitrogens with zero attached hydrogens (tertiary/aromatic N) is 2. The van der Waals surface area contributed by atoms with Crippen LogP contribution in [-0.4, -0.2) is 62.4 Å². The van der Waals surface area contributed by atoms with Crippen LogP contribution in [0, 0.1) is 0 Å². The van der Waals surface area contributed by atoms with Crippen LogP contribution < -0.4 is 15.6 Å². The Kier molecular flexibility index (Phi) is 8.15. The van der Waals surface area contributed by atoms with E-state index < -0.39 is 29.2 Å². The number of hydrogen-bond donors (Lipinski definition) is 3. The summed E-state index contributed by atoms with van der Waals surface area (Å²) in [7, 11) is 0. The lowest BCUT2D eigenvalue weighted by Crippen LogP contribution is -2.70. The van der Waals surface area contributed by atoms with Gasteiger partial charge in [-0.15, -0.1) is 35.3 Å². The van der Waals surface area contributed by atoms with Crippen molar-refractivity contribution in [3.05, 3.63) is 78.3 Å². The van der Waals surface area contributed by atoms with Crippen molar-refractivity contribution in [3.63, 3.8) is 0 Å². The standard InChI is InChI=1S/C27H24N4O5S3/c28-21(32)12-30-10-8-18(9-11-30)37-13-17-14-39-26-23(25(34)31(26)24(17)27(35)36)29-22(33)15-38-20-7-3-5-16-4-1-2-6-19(16)20/h1-11,23,26H,12-15H2,(H3-,28,29,32,33,35,36)/p+1/t23-,26+/m0/s1. The molecule has 0 spiro atoms. The van der Waals surface area contributed by atoms with Crippen LogP contribution >= 0.6 is 35.3 Å². The van der Waals surface area contributed by atoms with Gasteiger partial charge in [-0.2, -0.15) is 4.57 Å². The fourth-order valence-electron chi connectivity index (χ4n) is 4.47. The molecule has 1 saturated heterocycles. The van der Waals surface area contributed by atoms with Gasteiger partial charge < -0.3 is 16.2 Å². The normalized spacial score (nSPS) is 18.5. The summed E-state index contributed by atoms with van der Waals surface area (Å²) in [4.78, 5) is 52.1. The first-order chi connectivity index (χ1) is 18.8. The van der Waals surface area contributed by atoms with Gasteiger partial charge in [0, 0.05) is 33.4 Å². The average molecular weight is 582 g/mol. The Morgan fingerprint density at radius 3 is 2.56 bits per heavy atom. The molecule has 2 aliphatic rings. The van der Waals surface area contributed by atoms with Gasteiger partial charge in [-0.05, 0) is 22.4 Å². The molecule has 3 heterocycles. The molecule has 0 radical (unpaired) electrons. The van der Waals surface area contributed by atoms with E-state index in [0.717, 1.165) is 20.6 Å². The molecule has 200 valence electrons. The van der Waals surface area contributed by atoms with Gasteiger partial charge in [0.1, 0.15) is 17.1 Å². The van der Waals surface area contributed by atoms with E-state index in [4.69, 9.17) is 5.73 Å². The van der Waals surface area contributed by atoms with Gasteiger partial charge in [-0.25, -0.2) is 4.79 Å². The molecule has 3 amide bonds. The zero-order valence-electron chi connectivity index (χ0n) is 20.6. The van der Waals surface area contributed by atoms with Crippen LogP contribution in [-0.2, 0) is 25.7 Å². The molecule has 0 aliphatic carbocycles. The number of aliphatic carboxylic acids is 1. The SMILES string of the molecule is NC(=O)C[n+]1ccc(SCC2=C(C(=O)O)N3C(=O)[C@H](NC(=O)CSc4cccc5ccccc45)[C@H]3SC2)cc1. The first-order valence-corrected chi connectivity index (χ1v) is 15.0. The highest BCUT2D eigenvalue weighted by Gasteiger charge is 2.54. The van der Waals surface area contributed by atoms with Crippen molar-refractivity contribution in [2.24, 2.45) is 5.73 Å². The number of rotatable bonds is 10. The minimum atomic E-state index is -1.16. The van der Waals surface area contributed by atoms with E-state index >= 15 is 0 Å². The number of primary amides is 1. The van der Waals surface area contributed by atoms with Gasteiger partial charge in [0.15, 0.2) is 12.4 Å². The van der Waals surface area contributed by atoms with Gasteiger partial charge in [-0.1, -0.05) is 36.4 Å². The van der Waals surface area contributed by atoms with Crippen LogP contribution in [0.4, 0.5) is 0 Å². The van der Waals surface area contributed by atoms with Crippen molar-refractivity contribution < 1.29 is 28.9 Å². The van der Waals surface area contributed by atoms with Crippen molar-refractivity contribution >= 4 is 69.7 Å². The minimum Gasteiger partial charge on any atom is -0.477 e. The summed E-state index contributed by atoms with van der Waals surface area (Å²) >= 11 is 4.30. The predicted molar refractivity (Wildman–Crippen MR) is 151 cm³/mol. The number of benzene rings is 2. The van der Waals surface area contributed by atoms with Gasteiger partial charge >= 0.3 is 5.97 Å². The molecule has 1 fully saturated rings. The van der Waals surface area contributed by atoms with E-state index in [2.05, 4.69) is 5.32 Å². The number of hydrogen-bond acceptors (Lipinski definition) is 7. The second-order valence-corrected chi connectivity index (χ2v) is 12.1. The topological polar surface area (TPSA) is 134 Å². The molecule has 4 N–H and O–H groups in total. The van der Waals surface area contributed by atoms with Crippen LogP contribution in [0.1, 0.15) is 0 Å². The highest BCUT2D eigenvalue weighted by atomic mass is 32.2. The maximum Gasteiger partial charge on any atom is 0.352 e. The van der Waals surface area contributed by atoms with Crippen LogP contribution in [0.15, 0.2) is 88.1 Å². The first-order valence-electron chi connectivity index (χ1n) is 12.0. The number of nitrogens with two attached hydrogens (primary N) is 1. The summed E-state index contributed by atoms with van der Waals surface area (Å²) in [5, 5.41) is 14.4. The maximum atomic E-state index is 13.0. The summed E-state index contributed by atoms with van der Waals surface area (Å²) in [6.45, 7) is 0.0773. The number of β-lactam (4-membered cyclic amide) rings is 1. The number of carboxylic acids is 1. The largest absolute Gasteiger partial charge is 0.477 e. The Morgan fingerprint density at radius 2 is 1.82 bits per heavy atom. The Morgan fingerprint density at radius 1 is 1.08 bits per heavy atom. The fourth-order valence-corrected chi connectivity index (χ4v) is 7.73. The van der Waals surface area contributed by atoms with Crippen LogP contribution in [0.5, 0.6) is 0 Å². The van der Waals surface area contributed by atoms with Crippen molar-refractivity contribution in [2.45, 2.75) is 27.8 Å². The number of pyridine rings is 1. The molecule has 39 heavy (non-hydrogen) atoms. The quantitative estimate of drug-likeness (QED) is 0.189. The molecule has 3 aromatic rings. The van der Waals surface area contributed by atoms with E-state index in [1.54, 1.807) is 17.0 Å². The lowest BCUT2D eigenvalue weighted by molar-refractivity contribution is -0.684. The molecule has 12 heteroatoms. The minimum absolute atomic E-state index is 0.00778. The number of carbonyl (C=O) groups excluding carboxylic acids is 3. The second-order valence-electron chi connectivity index (χ2n) is 8.94. The predicted octanol–water partition coefficient (Wildman–Crippen LogP) is 2.24. The number of thioether (sulfide) groups is 3. The van der Waals surface area contributed by atoms with Crippen LogP contribution in [0.2, 0.25) is 0 Å². The lowest BCUT2D eigenvalue weighted by atomic mass is 10.0. The van der Waals surface area contributed by atoms with Crippen LogP contribution in [0.25, 0.3) is 10.8 Å². The molecule has 2 aliphatic heterocycles. The number of carbonyl (C=O) groups is 4. The Bertz CT molecular complexity index is 1490. The van der Waals surface area contributed by atoms with E-state index in [9.17, 15) is 24.3 Å². The van der Waals surface area contributed by atoms with Crippen molar-refractivity contribution in [1.82, 2.24) is 10.2 Å². The molecule has 5 rings (SSSR count). The summed E-state index contributed by atoms with van der Waals surface area (Å²) < 4.78 is 1.66. The summed E-state index contributed by atoms with van der Waals surface area (Å²) in [6, 6.07) is 16.8. The van der Waals surface area contributed by atoms with E-state index in [1.165, 1.54) is 40.2 Å². The van der Waals surface area contributed by atoms with Crippen molar-refractivity contribution in [3.8, 4) is 0 Å². The number of fused-ring (bicyclic) bond motifs is 2. The Balaban J connectivity index is 1.20. The number of aromatic nitrogens is 1. The number of amides is 3. The van der Waals surface area contributed by atoms with Crippen LogP contribution in [0.3, 0.4) is 0 Å². The lowest BCUT2D eigenvalue weighted by Gasteiger charge is -2.49. The molecule has 2 aromatic carbocycles. The molecule has 2 atom stereocenters. The van der Waals surface area contributed by atoms with Crippen molar-refractivity contribution in [2.75, 3.05) is 17.3 Å². The van der Waals surface area contributed by atoms with Gasteiger partial charge in [0.25, 0.3) is 11.8 Å². The number of nitrogens with one attached hydrogen (secondary N) is 1. The smallest absolute Gasteiger partial charge is 0.352 e. The van der Waals surface area contributed by atoms with Crippen molar-refractivity contribution in [1.29, 1.82) is 0 Å². The summed E-state index contributed by atoms with van der Waals surface area (Å²) in [5.74, 6) is -1.31. The zero-order chi connectivity index (χ0) is 27.5. The molecule has 0 unspecified atom stereocenters. The third-order valence-electron chi connectivity index (χ3n) is 6.29. The Labute approximate surface area is 237 Å². The average Bonchev–Trinajstić information content (AvgIpc) is 2.93. The monoisotopic (exact) mass is 581 g/mol. The molecular formula is C27H25N4O5S3+. The first kappa shape index (κ1) is 27.1. The molecule has 1 aromatic heterocycles. The summed E-state index contributed by atoms with van der Waals surface area (Å²) in [6.07, 6.45) is 3.46. The maximum absolute atomic E-state index is 13.0. The third-order valence-corrected chi connectivity index (χ3v) is 9.80. The molecule has 9 nitrogen and oxygen atoms in total. The molecule has 0 saturated carbocycles. The summed E-state index contributed by atoms with van der Waals surface area (Å²) in [5.41, 5.74) is 5.85.